The zero-order valence-corrected chi connectivity index (χ0v) is 13.2. The molecule has 0 bridgehead atoms. The third kappa shape index (κ3) is 3.79. The van der Waals surface area contributed by atoms with Crippen LogP contribution in [0, 0.1) is 11.8 Å². The summed E-state index contributed by atoms with van der Waals surface area (Å²) in [4.78, 5) is 0. The molecule has 21 heavy (non-hydrogen) atoms. The number of ether oxygens (including phenoxy) is 1. The molecule has 0 aliphatic heterocycles. The zero-order valence-electron chi connectivity index (χ0n) is 13.2. The highest BCUT2D eigenvalue weighted by Gasteiger charge is 2.37. The van der Waals surface area contributed by atoms with Crippen LogP contribution in [0.2, 0.25) is 0 Å². The van der Waals surface area contributed by atoms with Gasteiger partial charge in [-0.25, -0.2) is 0 Å². The average molecular weight is 292 g/mol. The van der Waals surface area contributed by atoms with E-state index >= 15 is 0 Å². The molecular weight excluding hydrogens is 264 g/mol. The molecule has 4 heteroatoms. The van der Waals surface area contributed by atoms with Crippen LogP contribution in [-0.2, 0) is 0 Å². The summed E-state index contributed by atoms with van der Waals surface area (Å²) in [5.74, 6) is 2.71. The lowest BCUT2D eigenvalue weighted by Gasteiger charge is -2.24. The first kappa shape index (κ1) is 14.9. The molecule has 0 saturated heterocycles. The second kappa shape index (κ2) is 6.39. The van der Waals surface area contributed by atoms with Crippen molar-refractivity contribution in [2.75, 3.05) is 0 Å². The number of aliphatic hydroxyl groups excluding tert-OH is 1. The summed E-state index contributed by atoms with van der Waals surface area (Å²) in [7, 11) is 0. The summed E-state index contributed by atoms with van der Waals surface area (Å²) < 4.78 is 7.95. The first-order valence-electron chi connectivity index (χ1n) is 8.52. The van der Waals surface area contributed by atoms with Gasteiger partial charge in [0.15, 0.2) is 5.75 Å². The van der Waals surface area contributed by atoms with E-state index in [0.717, 1.165) is 36.8 Å². The molecule has 1 N–H and O–H groups in total. The highest BCUT2D eigenvalue weighted by Crippen LogP contribution is 2.46. The Labute approximate surface area is 127 Å². The highest BCUT2D eigenvalue weighted by molar-refractivity contribution is 5.13. The number of aromatic nitrogens is 2. The molecule has 1 heterocycles. The molecule has 2 fully saturated rings. The lowest BCUT2D eigenvalue weighted by atomic mass is 9.97. The molecular formula is C17H28N2O2. The van der Waals surface area contributed by atoms with Gasteiger partial charge < -0.3 is 9.84 Å². The first-order valence-corrected chi connectivity index (χ1v) is 8.52. The molecule has 1 aromatic heterocycles. The van der Waals surface area contributed by atoms with Crippen LogP contribution in [0.5, 0.6) is 5.75 Å². The summed E-state index contributed by atoms with van der Waals surface area (Å²) in [6.45, 7) is 4.20. The monoisotopic (exact) mass is 292 g/mol. The first-order chi connectivity index (χ1) is 10.1. The minimum atomic E-state index is -0.345. The van der Waals surface area contributed by atoms with Gasteiger partial charge in [-0.2, -0.15) is 5.10 Å². The topological polar surface area (TPSA) is 47.3 Å². The molecule has 4 atom stereocenters. The summed E-state index contributed by atoms with van der Waals surface area (Å²) in [5, 5.41) is 14.7. The second-order valence-electron chi connectivity index (χ2n) is 7.09. The SMILES string of the molecule is CC(C)n1cc(O[C@@H]2CCC[C@@H]3C[C@@H]3CCC[C@H]2O)cn1. The maximum atomic E-state index is 10.4. The van der Waals surface area contributed by atoms with Crippen molar-refractivity contribution >= 4 is 0 Å². The summed E-state index contributed by atoms with van der Waals surface area (Å²) >= 11 is 0. The van der Waals surface area contributed by atoms with Crippen molar-refractivity contribution in [3.8, 4) is 5.75 Å². The van der Waals surface area contributed by atoms with Crippen molar-refractivity contribution in [3.63, 3.8) is 0 Å². The molecule has 0 amide bonds. The van der Waals surface area contributed by atoms with Crippen molar-refractivity contribution in [1.82, 2.24) is 9.78 Å². The lowest BCUT2D eigenvalue weighted by molar-refractivity contribution is 0.0216. The quantitative estimate of drug-likeness (QED) is 0.926. The van der Waals surface area contributed by atoms with Crippen LogP contribution < -0.4 is 4.74 Å². The Morgan fingerprint density at radius 1 is 1.19 bits per heavy atom. The molecule has 2 saturated carbocycles. The van der Waals surface area contributed by atoms with Gasteiger partial charge in [-0.1, -0.05) is 19.3 Å². The van der Waals surface area contributed by atoms with Crippen molar-refractivity contribution in [3.05, 3.63) is 12.4 Å². The molecule has 118 valence electrons. The fourth-order valence-corrected chi connectivity index (χ4v) is 3.54. The van der Waals surface area contributed by atoms with E-state index in [1.165, 1.54) is 25.7 Å². The largest absolute Gasteiger partial charge is 0.484 e. The Morgan fingerprint density at radius 2 is 1.90 bits per heavy atom. The lowest BCUT2D eigenvalue weighted by Crippen LogP contribution is -2.32. The minimum Gasteiger partial charge on any atom is -0.484 e. The summed E-state index contributed by atoms with van der Waals surface area (Å²) in [6, 6.07) is 0.336. The molecule has 2 aliphatic carbocycles. The van der Waals surface area contributed by atoms with Crippen LogP contribution in [0.15, 0.2) is 12.4 Å². The maximum absolute atomic E-state index is 10.4. The number of hydrogen-bond donors (Lipinski definition) is 1. The zero-order chi connectivity index (χ0) is 14.8. The van der Waals surface area contributed by atoms with Crippen molar-refractivity contribution in [2.24, 2.45) is 11.8 Å². The maximum Gasteiger partial charge on any atom is 0.157 e. The van der Waals surface area contributed by atoms with Crippen molar-refractivity contribution < 1.29 is 9.84 Å². The number of hydrogen-bond acceptors (Lipinski definition) is 3. The van der Waals surface area contributed by atoms with Gasteiger partial charge in [0.25, 0.3) is 0 Å². The van der Waals surface area contributed by atoms with Crippen molar-refractivity contribution in [1.29, 1.82) is 0 Å². The standard InChI is InChI=1S/C17H28N2O2/c1-12(2)19-11-15(10-18-19)21-17-8-4-6-14-9-13(14)5-3-7-16(17)20/h10-14,16-17,20H,3-9H2,1-2H3/t13-,14+,16+,17+/m0/s1. The van der Waals surface area contributed by atoms with E-state index in [-0.39, 0.29) is 12.2 Å². The predicted octanol–water partition coefficient (Wildman–Crippen LogP) is 3.56. The molecule has 2 aliphatic rings. The molecule has 4 nitrogen and oxygen atoms in total. The third-order valence-corrected chi connectivity index (χ3v) is 5.03. The minimum absolute atomic E-state index is 0.0786. The van der Waals surface area contributed by atoms with Gasteiger partial charge in [-0.15, -0.1) is 0 Å². The fourth-order valence-electron chi connectivity index (χ4n) is 3.54. The fraction of sp³-hybridized carbons (Fsp3) is 0.824. The van der Waals surface area contributed by atoms with Gasteiger partial charge in [0.05, 0.1) is 18.5 Å². The molecule has 3 rings (SSSR count). The summed E-state index contributed by atoms with van der Waals surface area (Å²) in [5.41, 5.74) is 0. The van der Waals surface area contributed by atoms with E-state index in [2.05, 4.69) is 18.9 Å². The number of rotatable bonds is 3. The van der Waals surface area contributed by atoms with Gasteiger partial charge in [0, 0.05) is 6.04 Å². The van der Waals surface area contributed by atoms with E-state index < -0.39 is 0 Å². The van der Waals surface area contributed by atoms with E-state index in [1.807, 2.05) is 10.9 Å². The Morgan fingerprint density at radius 3 is 2.57 bits per heavy atom. The van der Waals surface area contributed by atoms with Crippen LogP contribution >= 0.6 is 0 Å². The van der Waals surface area contributed by atoms with Gasteiger partial charge in [0.1, 0.15) is 6.10 Å². The molecule has 0 spiro atoms. The third-order valence-electron chi connectivity index (χ3n) is 5.03. The predicted molar refractivity (Wildman–Crippen MR) is 82.3 cm³/mol. The normalized spacial score (nSPS) is 33.5. The molecule has 0 radical (unpaired) electrons. The van der Waals surface area contributed by atoms with Crippen molar-refractivity contribution in [2.45, 2.75) is 77.0 Å². The highest BCUT2D eigenvalue weighted by atomic mass is 16.5. The second-order valence-corrected chi connectivity index (χ2v) is 7.09. The van der Waals surface area contributed by atoms with E-state index in [1.54, 1.807) is 6.20 Å². The number of aliphatic hydroxyl groups is 1. The van der Waals surface area contributed by atoms with E-state index in [9.17, 15) is 5.11 Å². The number of fused-ring (bicyclic) bond motifs is 1. The molecule has 1 aromatic rings. The molecule has 0 unspecified atom stereocenters. The average Bonchev–Trinajstić information content (AvgIpc) is 3.01. The van der Waals surface area contributed by atoms with Gasteiger partial charge in [-0.05, 0) is 51.4 Å². The van der Waals surface area contributed by atoms with Gasteiger partial charge in [0.2, 0.25) is 0 Å². The Kier molecular flexibility index (Phi) is 4.53. The Balaban J connectivity index is 1.60. The van der Waals surface area contributed by atoms with E-state index in [4.69, 9.17) is 4.74 Å². The van der Waals surface area contributed by atoms with E-state index in [0.29, 0.717) is 6.04 Å². The smallest absolute Gasteiger partial charge is 0.157 e. The van der Waals surface area contributed by atoms with Crippen LogP contribution in [-0.4, -0.2) is 27.1 Å². The Hall–Kier alpha value is -1.03. The van der Waals surface area contributed by atoms with Crippen LogP contribution in [0.4, 0.5) is 0 Å². The van der Waals surface area contributed by atoms with Gasteiger partial charge >= 0.3 is 0 Å². The Bertz CT molecular complexity index is 457. The number of nitrogens with zero attached hydrogens (tertiary/aromatic N) is 2. The van der Waals surface area contributed by atoms with Crippen LogP contribution in [0.3, 0.4) is 0 Å². The van der Waals surface area contributed by atoms with Crippen LogP contribution in [0.1, 0.15) is 64.8 Å². The van der Waals surface area contributed by atoms with Crippen LogP contribution in [0.25, 0.3) is 0 Å². The van der Waals surface area contributed by atoms with Gasteiger partial charge in [-0.3, -0.25) is 4.68 Å². The summed E-state index contributed by atoms with van der Waals surface area (Å²) in [6.07, 6.45) is 11.4. The molecule has 0 aromatic carbocycles.